The summed E-state index contributed by atoms with van der Waals surface area (Å²) >= 11 is 0. The second-order valence-electron chi connectivity index (χ2n) is 5.01. The fraction of sp³-hybridized carbons (Fsp3) is 0.647. The van der Waals surface area contributed by atoms with Gasteiger partial charge in [0.05, 0.1) is 13.7 Å². The Hall–Kier alpha value is -1.46. The molecule has 2 rings (SSSR count). The number of hydroxylamine groups is 2. The molecule has 0 aromatic heterocycles. The van der Waals surface area contributed by atoms with Crippen LogP contribution in [0.5, 0.6) is 17.2 Å². The third-order valence-electron chi connectivity index (χ3n) is 3.47. The molecule has 1 atom stereocenters. The van der Waals surface area contributed by atoms with Crippen molar-refractivity contribution in [2.24, 2.45) is 0 Å². The molecule has 1 aliphatic heterocycles. The number of fused-ring (bicyclic) bond motifs is 1. The molecule has 1 unspecified atom stereocenters. The van der Waals surface area contributed by atoms with Crippen LogP contribution in [-0.4, -0.2) is 37.7 Å². The fourth-order valence-corrected chi connectivity index (χ4v) is 2.04. The molecule has 5 nitrogen and oxygen atoms in total. The van der Waals surface area contributed by atoms with Crippen LogP contribution in [0.4, 0.5) is 0 Å². The Kier molecular flexibility index (Phi) is 7.48. The van der Waals surface area contributed by atoms with Crippen molar-refractivity contribution in [3.8, 4) is 17.2 Å². The number of rotatable bonds is 6. The molecule has 1 heterocycles. The van der Waals surface area contributed by atoms with Crippen LogP contribution in [0.15, 0.2) is 18.2 Å². The Morgan fingerprint density at radius 2 is 1.77 bits per heavy atom. The Labute approximate surface area is 134 Å². The van der Waals surface area contributed by atoms with Crippen LogP contribution in [0.2, 0.25) is 0 Å². The van der Waals surface area contributed by atoms with E-state index in [1.807, 2.05) is 44.0 Å². The third-order valence-corrected chi connectivity index (χ3v) is 3.47. The lowest BCUT2D eigenvalue weighted by atomic mass is 10.2. The van der Waals surface area contributed by atoms with Crippen LogP contribution < -0.4 is 14.2 Å². The summed E-state index contributed by atoms with van der Waals surface area (Å²) in [5.74, 6) is 1.64. The highest BCUT2D eigenvalue weighted by Crippen LogP contribution is 2.46. The van der Waals surface area contributed by atoms with Crippen LogP contribution in [0.1, 0.15) is 41.0 Å². The maximum absolute atomic E-state index is 5.72. The molecule has 0 amide bonds. The monoisotopic (exact) mass is 311 g/mol. The highest BCUT2D eigenvalue weighted by molar-refractivity contribution is 5.53. The number of hydrogen-bond acceptors (Lipinski definition) is 5. The number of benzene rings is 1. The summed E-state index contributed by atoms with van der Waals surface area (Å²) in [4.78, 5) is 5.17. The normalized spacial score (nSPS) is 18.9. The maximum atomic E-state index is 5.72. The number of hydrogen-bond donors (Lipinski definition) is 0. The minimum atomic E-state index is -0.545. The molecule has 0 saturated carbocycles. The molecular formula is C17H29NO4. The first-order valence-electron chi connectivity index (χ1n) is 7.96. The van der Waals surface area contributed by atoms with Gasteiger partial charge in [-0.2, -0.15) is 5.06 Å². The van der Waals surface area contributed by atoms with Gasteiger partial charge in [-0.15, -0.1) is 0 Å². The van der Waals surface area contributed by atoms with Crippen LogP contribution in [-0.2, 0) is 4.84 Å². The zero-order chi connectivity index (χ0) is 16.6. The first kappa shape index (κ1) is 18.6. The summed E-state index contributed by atoms with van der Waals surface area (Å²) < 4.78 is 16.6. The van der Waals surface area contributed by atoms with E-state index in [0.717, 1.165) is 37.6 Å². The third kappa shape index (κ3) is 4.78. The van der Waals surface area contributed by atoms with E-state index in [0.29, 0.717) is 5.75 Å². The molecule has 0 radical (unpaired) electrons. The number of para-hydroxylation sites is 1. The topological polar surface area (TPSA) is 40.2 Å². The quantitative estimate of drug-likeness (QED) is 0.746. The van der Waals surface area contributed by atoms with Crippen LogP contribution >= 0.6 is 0 Å². The van der Waals surface area contributed by atoms with Gasteiger partial charge in [-0.3, -0.25) is 4.84 Å². The largest absolute Gasteiger partial charge is 0.493 e. The second-order valence-corrected chi connectivity index (χ2v) is 5.01. The van der Waals surface area contributed by atoms with Crippen molar-refractivity contribution in [3.05, 3.63) is 18.2 Å². The minimum Gasteiger partial charge on any atom is -0.493 e. The van der Waals surface area contributed by atoms with Gasteiger partial charge in [-0.1, -0.05) is 26.8 Å². The molecule has 126 valence electrons. The second kappa shape index (κ2) is 8.86. The Morgan fingerprint density at radius 3 is 2.23 bits per heavy atom. The van der Waals surface area contributed by atoms with Crippen LogP contribution in [0.25, 0.3) is 0 Å². The molecule has 0 aliphatic carbocycles. The lowest BCUT2D eigenvalue weighted by Crippen LogP contribution is -2.33. The standard InChI is InChI=1S/C11H14O3.C6H15NO/c1-4-11(2)13-9-7-5-6-8(12-3)10(9)14-11;1-4-7(5-2)8-6-3/h5-7H,4H2,1-3H3;4-6H2,1-3H3. The zero-order valence-corrected chi connectivity index (χ0v) is 14.6. The molecule has 0 bridgehead atoms. The van der Waals surface area contributed by atoms with Crippen LogP contribution in [0, 0.1) is 0 Å². The SMILES string of the molecule is CCC1(C)Oc2cccc(OC)c2O1.CCON(CC)CC. The summed E-state index contributed by atoms with van der Waals surface area (Å²) in [7, 11) is 1.63. The van der Waals surface area contributed by atoms with E-state index in [4.69, 9.17) is 19.0 Å². The number of ether oxygens (including phenoxy) is 3. The molecule has 1 aromatic rings. The van der Waals surface area contributed by atoms with Crippen molar-refractivity contribution < 1.29 is 19.0 Å². The van der Waals surface area contributed by atoms with Crippen molar-refractivity contribution in [1.82, 2.24) is 5.06 Å². The van der Waals surface area contributed by atoms with E-state index >= 15 is 0 Å². The molecule has 0 fully saturated rings. The number of nitrogens with zero attached hydrogens (tertiary/aromatic N) is 1. The molecule has 22 heavy (non-hydrogen) atoms. The highest BCUT2D eigenvalue weighted by Gasteiger charge is 2.36. The molecule has 1 aliphatic rings. The van der Waals surface area contributed by atoms with Gasteiger partial charge in [-0.25, -0.2) is 0 Å². The summed E-state index contributed by atoms with van der Waals surface area (Å²) in [6.07, 6.45) is 0.796. The lowest BCUT2D eigenvalue weighted by Gasteiger charge is -2.20. The first-order chi connectivity index (χ1) is 10.5. The van der Waals surface area contributed by atoms with Gasteiger partial charge in [0, 0.05) is 26.4 Å². The zero-order valence-electron chi connectivity index (χ0n) is 14.6. The smallest absolute Gasteiger partial charge is 0.248 e. The van der Waals surface area contributed by atoms with Crippen molar-refractivity contribution in [1.29, 1.82) is 0 Å². The molecule has 5 heteroatoms. The summed E-state index contributed by atoms with van der Waals surface area (Å²) in [5, 5.41) is 1.93. The van der Waals surface area contributed by atoms with Crippen LogP contribution in [0.3, 0.4) is 0 Å². The van der Waals surface area contributed by atoms with Crippen molar-refractivity contribution in [2.75, 3.05) is 26.8 Å². The highest BCUT2D eigenvalue weighted by atomic mass is 16.7. The Bertz CT molecular complexity index is 448. The maximum Gasteiger partial charge on any atom is 0.248 e. The number of methoxy groups -OCH3 is 1. The first-order valence-corrected chi connectivity index (χ1v) is 7.96. The fourth-order valence-electron chi connectivity index (χ4n) is 2.04. The van der Waals surface area contributed by atoms with Gasteiger partial charge in [0.25, 0.3) is 0 Å². The van der Waals surface area contributed by atoms with E-state index in [1.54, 1.807) is 7.11 Å². The van der Waals surface area contributed by atoms with E-state index in [2.05, 4.69) is 13.8 Å². The predicted octanol–water partition coefficient (Wildman–Crippen LogP) is 3.87. The molecule has 0 N–H and O–H groups in total. The van der Waals surface area contributed by atoms with Gasteiger partial charge < -0.3 is 14.2 Å². The Balaban J connectivity index is 0.000000261. The Morgan fingerprint density at radius 1 is 1.09 bits per heavy atom. The van der Waals surface area contributed by atoms with E-state index in [1.165, 1.54) is 0 Å². The van der Waals surface area contributed by atoms with E-state index < -0.39 is 5.79 Å². The van der Waals surface area contributed by atoms with Gasteiger partial charge in [-0.05, 0) is 19.1 Å². The van der Waals surface area contributed by atoms with Crippen molar-refractivity contribution >= 4 is 0 Å². The van der Waals surface area contributed by atoms with Gasteiger partial charge in [0.2, 0.25) is 11.5 Å². The van der Waals surface area contributed by atoms with Crippen molar-refractivity contribution in [3.63, 3.8) is 0 Å². The predicted molar refractivity (Wildman–Crippen MR) is 87.5 cm³/mol. The molecular weight excluding hydrogens is 282 g/mol. The molecule has 1 aromatic carbocycles. The molecule has 0 spiro atoms. The minimum absolute atomic E-state index is 0.545. The summed E-state index contributed by atoms with van der Waals surface area (Å²) in [6.45, 7) is 12.8. The summed E-state index contributed by atoms with van der Waals surface area (Å²) in [6, 6.07) is 5.64. The lowest BCUT2D eigenvalue weighted by molar-refractivity contribution is -0.147. The van der Waals surface area contributed by atoms with E-state index in [-0.39, 0.29) is 0 Å². The van der Waals surface area contributed by atoms with Gasteiger partial charge in [0.15, 0.2) is 11.5 Å². The van der Waals surface area contributed by atoms with E-state index in [9.17, 15) is 0 Å². The van der Waals surface area contributed by atoms with Gasteiger partial charge in [0.1, 0.15) is 0 Å². The summed E-state index contributed by atoms with van der Waals surface area (Å²) in [5.41, 5.74) is 0. The average Bonchev–Trinajstić information content (AvgIpc) is 2.90. The molecule has 0 saturated heterocycles. The average molecular weight is 311 g/mol. The van der Waals surface area contributed by atoms with Crippen molar-refractivity contribution in [2.45, 2.75) is 46.8 Å². The van der Waals surface area contributed by atoms with Gasteiger partial charge >= 0.3 is 0 Å².